The molecule has 0 bridgehead atoms. The number of carbonyl (C=O) groups is 1. The second-order valence-corrected chi connectivity index (χ2v) is 6.03. The molecule has 0 radical (unpaired) electrons. The number of aryl methyl sites for hydroxylation is 2. The molecule has 1 amide bonds. The molecule has 1 N–H and O–H groups in total. The molecule has 0 heterocycles. The van der Waals surface area contributed by atoms with Crippen molar-refractivity contribution in [3.63, 3.8) is 0 Å². The van der Waals surface area contributed by atoms with Gasteiger partial charge in [0.05, 0.1) is 0 Å². The SMILES string of the molecule is Cc1cc(OC(C)C(=O)N/N=C/C=C/c2ccccc2)cc(C)c1Cl. The highest BCUT2D eigenvalue weighted by Gasteiger charge is 2.14. The van der Waals surface area contributed by atoms with Crippen LogP contribution >= 0.6 is 11.6 Å². The van der Waals surface area contributed by atoms with Gasteiger partial charge in [-0.15, -0.1) is 0 Å². The third-order valence-electron chi connectivity index (χ3n) is 3.52. The van der Waals surface area contributed by atoms with Crippen molar-refractivity contribution in [3.8, 4) is 5.75 Å². The molecular weight excluding hydrogens is 336 g/mol. The third-order valence-corrected chi connectivity index (χ3v) is 4.11. The number of amides is 1. The average Bonchev–Trinajstić information content (AvgIpc) is 2.60. The van der Waals surface area contributed by atoms with Crippen molar-refractivity contribution >= 4 is 29.8 Å². The Morgan fingerprint density at radius 2 is 1.84 bits per heavy atom. The molecule has 0 saturated heterocycles. The quantitative estimate of drug-likeness (QED) is 0.610. The predicted octanol–water partition coefficient (Wildman–Crippen LogP) is 4.54. The molecule has 0 spiro atoms. The first-order valence-corrected chi connectivity index (χ1v) is 8.33. The molecule has 25 heavy (non-hydrogen) atoms. The second kappa shape index (κ2) is 9.04. The van der Waals surface area contributed by atoms with E-state index in [-0.39, 0.29) is 5.91 Å². The summed E-state index contributed by atoms with van der Waals surface area (Å²) in [6.07, 6.45) is 4.51. The van der Waals surface area contributed by atoms with E-state index in [1.165, 1.54) is 6.21 Å². The molecular formula is C20H21ClN2O2. The summed E-state index contributed by atoms with van der Waals surface area (Å²) in [5.41, 5.74) is 5.34. The summed E-state index contributed by atoms with van der Waals surface area (Å²) in [4.78, 5) is 12.0. The van der Waals surface area contributed by atoms with Crippen LogP contribution in [0.15, 0.2) is 53.6 Å². The van der Waals surface area contributed by atoms with Crippen molar-refractivity contribution in [2.24, 2.45) is 5.10 Å². The molecule has 0 aliphatic rings. The van der Waals surface area contributed by atoms with Gasteiger partial charge in [-0.05, 0) is 55.7 Å². The summed E-state index contributed by atoms with van der Waals surface area (Å²) in [6.45, 7) is 5.47. The molecule has 130 valence electrons. The maximum Gasteiger partial charge on any atom is 0.280 e. The average molecular weight is 357 g/mol. The Morgan fingerprint density at radius 3 is 2.48 bits per heavy atom. The standard InChI is InChI=1S/C20H21ClN2O2/c1-14-12-18(13-15(2)19(14)21)25-16(3)20(24)23-22-11-7-10-17-8-5-4-6-9-17/h4-13,16H,1-3H3,(H,23,24)/b10-7+,22-11+. The topological polar surface area (TPSA) is 50.7 Å². The lowest BCUT2D eigenvalue weighted by atomic mass is 10.1. The first-order chi connectivity index (χ1) is 12.0. The third kappa shape index (κ3) is 5.76. The molecule has 1 atom stereocenters. The van der Waals surface area contributed by atoms with Gasteiger partial charge in [0.1, 0.15) is 5.75 Å². The molecule has 0 aromatic heterocycles. The lowest BCUT2D eigenvalue weighted by Gasteiger charge is -2.14. The van der Waals surface area contributed by atoms with Gasteiger partial charge in [0.25, 0.3) is 5.91 Å². The summed E-state index contributed by atoms with van der Waals surface area (Å²) in [5.74, 6) is 0.282. The number of ether oxygens (including phenoxy) is 1. The minimum atomic E-state index is -0.671. The monoisotopic (exact) mass is 356 g/mol. The Balaban J connectivity index is 1.86. The van der Waals surface area contributed by atoms with Crippen LogP contribution in [0, 0.1) is 13.8 Å². The maximum atomic E-state index is 12.0. The fraction of sp³-hybridized carbons (Fsp3) is 0.200. The maximum absolute atomic E-state index is 12.0. The zero-order valence-electron chi connectivity index (χ0n) is 14.5. The van der Waals surface area contributed by atoms with Crippen LogP contribution in [0.4, 0.5) is 0 Å². The predicted molar refractivity (Wildman–Crippen MR) is 103 cm³/mol. The van der Waals surface area contributed by atoms with Crippen molar-refractivity contribution in [1.82, 2.24) is 5.43 Å². The van der Waals surface area contributed by atoms with Crippen LogP contribution in [-0.4, -0.2) is 18.2 Å². The van der Waals surface area contributed by atoms with E-state index in [2.05, 4.69) is 10.5 Å². The van der Waals surface area contributed by atoms with Gasteiger partial charge < -0.3 is 4.74 Å². The molecule has 2 rings (SSSR count). The van der Waals surface area contributed by atoms with Crippen molar-refractivity contribution in [2.45, 2.75) is 26.9 Å². The molecule has 0 fully saturated rings. The van der Waals surface area contributed by atoms with Gasteiger partial charge >= 0.3 is 0 Å². The number of rotatable bonds is 6. The van der Waals surface area contributed by atoms with E-state index in [4.69, 9.17) is 16.3 Å². The van der Waals surface area contributed by atoms with Gasteiger partial charge in [0.15, 0.2) is 6.10 Å². The zero-order valence-corrected chi connectivity index (χ0v) is 15.2. The minimum absolute atomic E-state index is 0.324. The van der Waals surface area contributed by atoms with E-state index < -0.39 is 6.10 Å². The summed E-state index contributed by atoms with van der Waals surface area (Å²) in [5, 5.41) is 4.59. The Labute approximate surface area is 153 Å². The lowest BCUT2D eigenvalue weighted by Crippen LogP contribution is -2.33. The van der Waals surface area contributed by atoms with Crippen LogP contribution < -0.4 is 10.2 Å². The molecule has 0 aliphatic carbocycles. The Hall–Kier alpha value is -2.59. The Morgan fingerprint density at radius 1 is 1.20 bits per heavy atom. The second-order valence-electron chi connectivity index (χ2n) is 5.66. The lowest BCUT2D eigenvalue weighted by molar-refractivity contribution is -0.127. The van der Waals surface area contributed by atoms with Gasteiger partial charge in [-0.3, -0.25) is 4.79 Å². The molecule has 0 aliphatic heterocycles. The Bertz CT molecular complexity index is 763. The van der Waals surface area contributed by atoms with Gasteiger partial charge in [0, 0.05) is 11.2 Å². The highest BCUT2D eigenvalue weighted by atomic mass is 35.5. The number of benzene rings is 2. The summed E-state index contributed by atoms with van der Waals surface area (Å²) in [7, 11) is 0. The normalized spacial score (nSPS) is 12.5. The van der Waals surface area contributed by atoms with Crippen LogP contribution in [0.25, 0.3) is 6.08 Å². The fourth-order valence-corrected chi connectivity index (χ4v) is 2.29. The smallest absolute Gasteiger partial charge is 0.280 e. The number of nitrogens with zero attached hydrogens (tertiary/aromatic N) is 1. The van der Waals surface area contributed by atoms with Gasteiger partial charge in [-0.25, -0.2) is 5.43 Å². The van der Waals surface area contributed by atoms with Crippen LogP contribution in [0.1, 0.15) is 23.6 Å². The van der Waals surface area contributed by atoms with E-state index in [1.54, 1.807) is 13.0 Å². The number of nitrogens with one attached hydrogen (secondary N) is 1. The first kappa shape index (κ1) is 18.7. The molecule has 4 nitrogen and oxygen atoms in total. The van der Waals surface area contributed by atoms with E-state index in [9.17, 15) is 4.79 Å². The highest BCUT2D eigenvalue weighted by molar-refractivity contribution is 6.32. The van der Waals surface area contributed by atoms with Crippen LogP contribution in [0.5, 0.6) is 5.75 Å². The Kier molecular flexibility index (Phi) is 6.78. The van der Waals surface area contributed by atoms with Crippen molar-refractivity contribution in [1.29, 1.82) is 0 Å². The van der Waals surface area contributed by atoms with E-state index in [0.29, 0.717) is 10.8 Å². The number of hydrogen-bond donors (Lipinski definition) is 1. The molecule has 1 unspecified atom stereocenters. The van der Waals surface area contributed by atoms with Crippen molar-refractivity contribution < 1.29 is 9.53 Å². The van der Waals surface area contributed by atoms with Crippen molar-refractivity contribution in [2.75, 3.05) is 0 Å². The number of hydrogen-bond acceptors (Lipinski definition) is 3. The van der Waals surface area contributed by atoms with Crippen molar-refractivity contribution in [3.05, 3.63) is 70.3 Å². The van der Waals surface area contributed by atoms with E-state index in [1.807, 2.05) is 62.4 Å². The summed E-state index contributed by atoms with van der Waals surface area (Å²) >= 11 is 6.13. The molecule has 5 heteroatoms. The van der Waals surface area contributed by atoms with Gasteiger partial charge in [-0.2, -0.15) is 5.10 Å². The molecule has 2 aromatic carbocycles. The fourth-order valence-electron chi connectivity index (χ4n) is 2.18. The van der Waals surface area contributed by atoms with Crippen LogP contribution in [0.3, 0.4) is 0 Å². The molecule has 0 saturated carbocycles. The van der Waals surface area contributed by atoms with E-state index in [0.717, 1.165) is 16.7 Å². The molecule has 2 aromatic rings. The van der Waals surface area contributed by atoms with E-state index >= 15 is 0 Å². The van der Waals surface area contributed by atoms with Crippen LogP contribution in [-0.2, 0) is 4.79 Å². The number of hydrazone groups is 1. The van der Waals surface area contributed by atoms with Gasteiger partial charge in [-0.1, -0.05) is 48.0 Å². The summed E-state index contributed by atoms with van der Waals surface area (Å²) in [6, 6.07) is 13.5. The van der Waals surface area contributed by atoms with Gasteiger partial charge in [0.2, 0.25) is 0 Å². The number of halogens is 1. The largest absolute Gasteiger partial charge is 0.481 e. The summed E-state index contributed by atoms with van der Waals surface area (Å²) < 4.78 is 5.66. The minimum Gasteiger partial charge on any atom is -0.481 e. The highest BCUT2D eigenvalue weighted by Crippen LogP contribution is 2.26. The number of allylic oxidation sites excluding steroid dienone is 1. The zero-order chi connectivity index (χ0) is 18.2. The first-order valence-electron chi connectivity index (χ1n) is 7.95. The number of carbonyl (C=O) groups excluding carboxylic acids is 1. The van der Waals surface area contributed by atoms with Crippen LogP contribution in [0.2, 0.25) is 5.02 Å².